The third-order valence-electron chi connectivity index (χ3n) is 2.88. The molecule has 2 heteroatoms. The minimum atomic E-state index is 0. The van der Waals surface area contributed by atoms with Gasteiger partial charge in [-0.25, -0.2) is 0 Å². The van der Waals surface area contributed by atoms with Gasteiger partial charge < -0.3 is 11.8 Å². The Balaban J connectivity index is 0. The largest absolute Gasteiger partial charge is 1.00 e. The molecule has 92 valence electrons. The third-order valence-corrected chi connectivity index (χ3v) is 2.88. The van der Waals surface area contributed by atoms with Crippen molar-refractivity contribution in [3.05, 3.63) is 6.92 Å². The van der Waals surface area contributed by atoms with Crippen LogP contribution in [0.5, 0.6) is 0 Å². The quantitative estimate of drug-likeness (QED) is 0.287. The number of rotatable bonds is 11. The van der Waals surface area contributed by atoms with E-state index in [0.29, 0.717) is 0 Å². The zero-order chi connectivity index (χ0) is 11.4. The molecular formula is C14H30LiN. The second-order valence-corrected chi connectivity index (χ2v) is 4.46. The van der Waals surface area contributed by atoms with E-state index in [-0.39, 0.29) is 18.9 Å². The number of nitrogens with zero attached hydrogens (tertiary/aromatic N) is 1. The standard InChI is InChI=1S/C14H30N.Li/c1-4-7-10-11-14-15(12-8-5-2)13-9-6-3;/h1,4-14H2,2-3H3;/q-1;+1. The summed E-state index contributed by atoms with van der Waals surface area (Å²) in [5, 5.41) is 0. The second-order valence-electron chi connectivity index (χ2n) is 4.46. The molecule has 0 aromatic rings. The maximum absolute atomic E-state index is 3.89. The smallest absolute Gasteiger partial charge is 0.343 e. The summed E-state index contributed by atoms with van der Waals surface area (Å²) in [7, 11) is 0. The Kier molecular flexibility index (Phi) is 18.4. The van der Waals surface area contributed by atoms with Gasteiger partial charge in [-0.05, 0) is 38.9 Å². The van der Waals surface area contributed by atoms with Crippen LogP contribution in [0.3, 0.4) is 0 Å². The molecule has 0 atom stereocenters. The van der Waals surface area contributed by atoms with Gasteiger partial charge in [-0.1, -0.05) is 39.5 Å². The van der Waals surface area contributed by atoms with Gasteiger partial charge in [-0.15, -0.1) is 0 Å². The van der Waals surface area contributed by atoms with E-state index in [2.05, 4.69) is 25.7 Å². The van der Waals surface area contributed by atoms with Crippen molar-refractivity contribution in [3.8, 4) is 0 Å². The molecule has 0 bridgehead atoms. The average molecular weight is 219 g/mol. The van der Waals surface area contributed by atoms with Crippen molar-refractivity contribution in [1.82, 2.24) is 4.90 Å². The molecule has 0 radical (unpaired) electrons. The van der Waals surface area contributed by atoms with E-state index >= 15 is 0 Å². The zero-order valence-corrected chi connectivity index (χ0v) is 11.9. The van der Waals surface area contributed by atoms with Crippen LogP contribution in [-0.4, -0.2) is 24.5 Å². The van der Waals surface area contributed by atoms with E-state index in [1.165, 1.54) is 64.6 Å². The summed E-state index contributed by atoms with van der Waals surface area (Å²) in [5.41, 5.74) is 0. The molecule has 0 aliphatic carbocycles. The Hall–Kier alpha value is 0.557. The van der Waals surface area contributed by atoms with Gasteiger partial charge >= 0.3 is 18.9 Å². The zero-order valence-electron chi connectivity index (χ0n) is 11.9. The summed E-state index contributed by atoms with van der Waals surface area (Å²) < 4.78 is 0. The van der Waals surface area contributed by atoms with Crippen LogP contribution in [0.1, 0.15) is 65.2 Å². The Morgan fingerprint density at radius 2 is 1.25 bits per heavy atom. The van der Waals surface area contributed by atoms with Crippen LogP contribution < -0.4 is 18.9 Å². The molecule has 0 saturated heterocycles. The predicted octanol–water partition coefficient (Wildman–Crippen LogP) is 1.29. The molecule has 0 aromatic carbocycles. The molecule has 0 aromatic heterocycles. The molecule has 0 amide bonds. The Bertz CT molecular complexity index is 109. The molecule has 16 heavy (non-hydrogen) atoms. The molecule has 0 aliphatic rings. The number of hydrogen-bond acceptors (Lipinski definition) is 1. The first-order valence-electron chi connectivity index (χ1n) is 6.86. The van der Waals surface area contributed by atoms with Crippen molar-refractivity contribution in [2.24, 2.45) is 0 Å². The summed E-state index contributed by atoms with van der Waals surface area (Å²) in [6.07, 6.45) is 10.5. The van der Waals surface area contributed by atoms with Crippen LogP contribution in [0.15, 0.2) is 0 Å². The minimum absolute atomic E-state index is 0. The number of unbranched alkanes of at least 4 members (excludes halogenated alkanes) is 5. The van der Waals surface area contributed by atoms with Crippen LogP contribution in [0, 0.1) is 6.92 Å². The van der Waals surface area contributed by atoms with Crippen LogP contribution in [0.25, 0.3) is 0 Å². The van der Waals surface area contributed by atoms with E-state index < -0.39 is 0 Å². The van der Waals surface area contributed by atoms with Gasteiger partial charge in [0, 0.05) is 0 Å². The van der Waals surface area contributed by atoms with Gasteiger partial charge in [0.05, 0.1) is 0 Å². The third kappa shape index (κ3) is 12.6. The monoisotopic (exact) mass is 219 g/mol. The van der Waals surface area contributed by atoms with Crippen LogP contribution in [0.2, 0.25) is 0 Å². The first-order valence-corrected chi connectivity index (χ1v) is 6.86. The SMILES string of the molecule is [CH2-]CCCCCN(CCCC)CCCC.[Li+]. The summed E-state index contributed by atoms with van der Waals surface area (Å²) in [4.78, 5) is 2.65. The first-order chi connectivity index (χ1) is 7.35. The second kappa shape index (κ2) is 15.6. The van der Waals surface area contributed by atoms with Gasteiger partial charge in [0.15, 0.2) is 0 Å². The fraction of sp³-hybridized carbons (Fsp3) is 0.929. The Morgan fingerprint density at radius 1 is 0.750 bits per heavy atom. The molecule has 0 fully saturated rings. The fourth-order valence-corrected chi connectivity index (χ4v) is 1.79. The summed E-state index contributed by atoms with van der Waals surface area (Å²) in [6.45, 7) is 12.4. The Morgan fingerprint density at radius 3 is 1.69 bits per heavy atom. The topological polar surface area (TPSA) is 3.24 Å². The maximum Gasteiger partial charge on any atom is 1.00 e. The maximum atomic E-state index is 3.89. The molecule has 0 rings (SSSR count). The van der Waals surface area contributed by atoms with Crippen molar-refractivity contribution in [2.75, 3.05) is 19.6 Å². The van der Waals surface area contributed by atoms with Crippen molar-refractivity contribution in [3.63, 3.8) is 0 Å². The molecule has 1 nitrogen and oxygen atoms in total. The molecule has 0 spiro atoms. The number of hydrogen-bond donors (Lipinski definition) is 0. The van der Waals surface area contributed by atoms with E-state index in [4.69, 9.17) is 0 Å². The van der Waals surface area contributed by atoms with Gasteiger partial charge in [0.25, 0.3) is 0 Å². The van der Waals surface area contributed by atoms with Gasteiger partial charge in [0.1, 0.15) is 0 Å². The molecule has 0 saturated carbocycles. The predicted molar refractivity (Wildman–Crippen MR) is 70.1 cm³/mol. The molecular weight excluding hydrogens is 189 g/mol. The fourth-order valence-electron chi connectivity index (χ4n) is 1.79. The van der Waals surface area contributed by atoms with Crippen molar-refractivity contribution < 1.29 is 18.9 Å². The van der Waals surface area contributed by atoms with Crippen LogP contribution >= 0.6 is 0 Å². The summed E-state index contributed by atoms with van der Waals surface area (Å²) in [6, 6.07) is 0. The van der Waals surface area contributed by atoms with Gasteiger partial charge in [-0.3, -0.25) is 0 Å². The van der Waals surface area contributed by atoms with Crippen LogP contribution in [-0.2, 0) is 0 Å². The molecule has 0 N–H and O–H groups in total. The first kappa shape index (κ1) is 18.9. The van der Waals surface area contributed by atoms with Crippen molar-refractivity contribution in [2.45, 2.75) is 65.2 Å². The van der Waals surface area contributed by atoms with Crippen molar-refractivity contribution >= 4 is 0 Å². The van der Waals surface area contributed by atoms with Gasteiger partial charge in [0.2, 0.25) is 0 Å². The summed E-state index contributed by atoms with van der Waals surface area (Å²) >= 11 is 0. The van der Waals surface area contributed by atoms with Gasteiger partial charge in [-0.2, -0.15) is 6.42 Å². The molecule has 0 heterocycles. The molecule has 0 unspecified atom stereocenters. The van der Waals surface area contributed by atoms with E-state index in [9.17, 15) is 0 Å². The van der Waals surface area contributed by atoms with E-state index in [0.717, 1.165) is 6.42 Å². The minimum Gasteiger partial charge on any atom is -0.343 e. The van der Waals surface area contributed by atoms with E-state index in [1.54, 1.807) is 0 Å². The average Bonchev–Trinajstić information content (AvgIpc) is 2.27. The van der Waals surface area contributed by atoms with E-state index in [1.807, 2.05) is 0 Å². The summed E-state index contributed by atoms with van der Waals surface area (Å²) in [5.74, 6) is 0. The molecule has 0 aliphatic heterocycles. The Labute approximate surface area is 116 Å². The van der Waals surface area contributed by atoms with Crippen molar-refractivity contribution in [1.29, 1.82) is 0 Å². The van der Waals surface area contributed by atoms with Crippen LogP contribution in [0.4, 0.5) is 0 Å². The normalized spacial score (nSPS) is 10.5.